The van der Waals surface area contributed by atoms with Gasteiger partial charge >= 0.3 is 6.03 Å². The molecule has 2 heterocycles. The molecule has 0 unspecified atom stereocenters. The predicted molar refractivity (Wildman–Crippen MR) is 93.1 cm³/mol. The van der Waals surface area contributed by atoms with E-state index < -0.39 is 0 Å². The molecule has 0 spiro atoms. The van der Waals surface area contributed by atoms with Crippen molar-refractivity contribution in [1.29, 1.82) is 5.26 Å². The molecule has 1 aliphatic rings. The lowest BCUT2D eigenvalue weighted by molar-refractivity contribution is 0.0412. The highest BCUT2D eigenvalue weighted by molar-refractivity contribution is 5.75. The van der Waals surface area contributed by atoms with Crippen molar-refractivity contribution < 1.29 is 9.53 Å². The zero-order valence-electron chi connectivity index (χ0n) is 13.9. The fourth-order valence-corrected chi connectivity index (χ4v) is 2.65. The Morgan fingerprint density at radius 1 is 1.28 bits per heavy atom. The van der Waals surface area contributed by atoms with E-state index in [0.29, 0.717) is 31.1 Å². The molecule has 0 atom stereocenters. The number of urea groups is 1. The van der Waals surface area contributed by atoms with E-state index in [2.05, 4.69) is 28.5 Å². The number of nitrogens with one attached hydrogen (secondary N) is 1. The van der Waals surface area contributed by atoms with Gasteiger partial charge in [-0.2, -0.15) is 5.26 Å². The maximum atomic E-state index is 12.0. The Balaban J connectivity index is 1.35. The standard InChI is InChI=1S/C19H20N4O2/c20-12-16-9-5-10-21-18(16)25-17-13-23(14-17)19(24)22-11-4-8-15-6-2-1-3-7-15/h1-3,5-7,9-10,17H,4,8,11,13-14H2,(H,22,24). The van der Waals surface area contributed by atoms with E-state index in [1.807, 2.05) is 18.2 Å². The molecule has 0 aliphatic carbocycles. The second kappa shape index (κ2) is 8.15. The van der Waals surface area contributed by atoms with Crippen LogP contribution in [0.15, 0.2) is 48.7 Å². The van der Waals surface area contributed by atoms with Crippen LogP contribution in [-0.4, -0.2) is 41.7 Å². The molecular weight excluding hydrogens is 316 g/mol. The summed E-state index contributed by atoms with van der Waals surface area (Å²) in [6.45, 7) is 1.66. The minimum absolute atomic E-state index is 0.0746. The highest BCUT2D eigenvalue weighted by atomic mass is 16.5. The predicted octanol–water partition coefficient (Wildman–Crippen LogP) is 2.36. The Kier molecular flexibility index (Phi) is 5.47. The third-order valence-electron chi connectivity index (χ3n) is 4.07. The van der Waals surface area contributed by atoms with Gasteiger partial charge < -0.3 is 15.0 Å². The zero-order chi connectivity index (χ0) is 17.5. The Bertz CT molecular complexity index is 752. The van der Waals surface area contributed by atoms with Gasteiger partial charge in [0.25, 0.3) is 0 Å². The van der Waals surface area contributed by atoms with Gasteiger partial charge in [0.05, 0.1) is 13.1 Å². The number of aromatic nitrogens is 1. The maximum absolute atomic E-state index is 12.0. The fraction of sp³-hybridized carbons (Fsp3) is 0.316. The number of carbonyl (C=O) groups excluding carboxylic acids is 1. The van der Waals surface area contributed by atoms with Crippen LogP contribution >= 0.6 is 0 Å². The highest BCUT2D eigenvalue weighted by Crippen LogP contribution is 2.19. The number of ether oxygens (including phenoxy) is 1. The summed E-state index contributed by atoms with van der Waals surface area (Å²) >= 11 is 0. The van der Waals surface area contributed by atoms with Gasteiger partial charge in [0, 0.05) is 12.7 Å². The van der Waals surface area contributed by atoms with Gasteiger partial charge in [0.2, 0.25) is 5.88 Å². The monoisotopic (exact) mass is 336 g/mol. The van der Waals surface area contributed by atoms with Crippen LogP contribution in [0.5, 0.6) is 5.88 Å². The lowest BCUT2D eigenvalue weighted by Crippen LogP contribution is -2.59. The summed E-state index contributed by atoms with van der Waals surface area (Å²) in [5, 5.41) is 11.9. The van der Waals surface area contributed by atoms with E-state index in [9.17, 15) is 4.79 Å². The summed E-state index contributed by atoms with van der Waals surface area (Å²) in [6.07, 6.45) is 3.33. The van der Waals surface area contributed by atoms with Gasteiger partial charge in [0.15, 0.2) is 0 Å². The second-order valence-corrected chi connectivity index (χ2v) is 5.93. The zero-order valence-corrected chi connectivity index (χ0v) is 13.9. The van der Waals surface area contributed by atoms with Crippen LogP contribution in [0.3, 0.4) is 0 Å². The largest absolute Gasteiger partial charge is 0.470 e. The van der Waals surface area contributed by atoms with Crippen LogP contribution in [0.4, 0.5) is 4.79 Å². The Morgan fingerprint density at radius 3 is 2.84 bits per heavy atom. The van der Waals surface area contributed by atoms with Gasteiger partial charge in [-0.15, -0.1) is 0 Å². The van der Waals surface area contributed by atoms with E-state index in [4.69, 9.17) is 10.00 Å². The van der Waals surface area contributed by atoms with Crippen molar-refractivity contribution in [3.05, 3.63) is 59.8 Å². The summed E-state index contributed by atoms with van der Waals surface area (Å²) in [5.41, 5.74) is 1.68. The molecule has 1 saturated heterocycles. The molecule has 0 bridgehead atoms. The number of likely N-dealkylation sites (tertiary alicyclic amines) is 1. The fourth-order valence-electron chi connectivity index (χ4n) is 2.65. The van der Waals surface area contributed by atoms with Gasteiger partial charge in [-0.1, -0.05) is 30.3 Å². The number of rotatable bonds is 6. The van der Waals surface area contributed by atoms with Crippen LogP contribution in [0, 0.1) is 11.3 Å². The highest BCUT2D eigenvalue weighted by Gasteiger charge is 2.32. The molecule has 128 valence electrons. The third-order valence-corrected chi connectivity index (χ3v) is 4.07. The Labute approximate surface area is 147 Å². The van der Waals surface area contributed by atoms with Gasteiger partial charge in [-0.25, -0.2) is 9.78 Å². The van der Waals surface area contributed by atoms with Gasteiger partial charge in [-0.05, 0) is 30.5 Å². The number of hydrogen-bond acceptors (Lipinski definition) is 4. The van der Waals surface area contributed by atoms with Crippen molar-refractivity contribution in [2.75, 3.05) is 19.6 Å². The van der Waals surface area contributed by atoms with E-state index in [1.165, 1.54) is 5.56 Å². The van der Waals surface area contributed by atoms with Crippen LogP contribution < -0.4 is 10.1 Å². The Morgan fingerprint density at radius 2 is 2.08 bits per heavy atom. The SMILES string of the molecule is N#Cc1cccnc1OC1CN(C(=O)NCCCc2ccccc2)C1. The summed E-state index contributed by atoms with van der Waals surface area (Å²) in [7, 11) is 0. The molecular formula is C19H20N4O2. The third kappa shape index (κ3) is 4.48. The van der Waals surface area contributed by atoms with Crippen LogP contribution in [0.1, 0.15) is 17.5 Å². The first-order valence-electron chi connectivity index (χ1n) is 8.35. The average Bonchev–Trinajstić information content (AvgIpc) is 2.62. The number of amides is 2. The number of carbonyl (C=O) groups is 1. The van der Waals surface area contributed by atoms with Crippen LogP contribution in [-0.2, 0) is 6.42 Å². The smallest absolute Gasteiger partial charge is 0.317 e. The molecule has 3 rings (SSSR count). The summed E-state index contributed by atoms with van der Waals surface area (Å²) < 4.78 is 5.68. The molecule has 25 heavy (non-hydrogen) atoms. The minimum Gasteiger partial charge on any atom is -0.470 e. The lowest BCUT2D eigenvalue weighted by atomic mass is 10.1. The van der Waals surface area contributed by atoms with E-state index >= 15 is 0 Å². The normalized spacial score (nSPS) is 13.6. The number of nitriles is 1. The summed E-state index contributed by atoms with van der Waals surface area (Å²) in [5.74, 6) is 0.331. The number of hydrogen-bond donors (Lipinski definition) is 1. The first kappa shape index (κ1) is 16.8. The van der Waals surface area contributed by atoms with Crippen molar-refractivity contribution in [1.82, 2.24) is 15.2 Å². The molecule has 0 saturated carbocycles. The Hall–Kier alpha value is -3.07. The van der Waals surface area contributed by atoms with E-state index in [1.54, 1.807) is 23.2 Å². The first-order valence-corrected chi connectivity index (χ1v) is 8.35. The number of benzene rings is 1. The van der Waals surface area contributed by atoms with Gasteiger partial charge in [0.1, 0.15) is 17.7 Å². The topological polar surface area (TPSA) is 78.2 Å². The summed E-state index contributed by atoms with van der Waals surface area (Å²) in [6, 6.07) is 15.6. The molecule has 1 aliphatic heterocycles. The molecule has 1 aromatic carbocycles. The lowest BCUT2D eigenvalue weighted by Gasteiger charge is -2.38. The maximum Gasteiger partial charge on any atom is 0.317 e. The molecule has 6 nitrogen and oxygen atoms in total. The minimum atomic E-state index is -0.114. The quantitative estimate of drug-likeness (QED) is 0.822. The van der Waals surface area contributed by atoms with Crippen molar-refractivity contribution in [2.24, 2.45) is 0 Å². The molecule has 1 fully saturated rings. The average molecular weight is 336 g/mol. The number of nitrogens with zero attached hydrogens (tertiary/aromatic N) is 3. The number of pyridine rings is 1. The second-order valence-electron chi connectivity index (χ2n) is 5.93. The van der Waals surface area contributed by atoms with Crippen molar-refractivity contribution >= 4 is 6.03 Å². The van der Waals surface area contributed by atoms with Gasteiger partial charge in [-0.3, -0.25) is 0 Å². The van der Waals surface area contributed by atoms with Crippen LogP contribution in [0.2, 0.25) is 0 Å². The molecule has 6 heteroatoms. The van der Waals surface area contributed by atoms with Crippen molar-refractivity contribution in [2.45, 2.75) is 18.9 Å². The molecule has 1 N–H and O–H groups in total. The van der Waals surface area contributed by atoms with Crippen molar-refractivity contribution in [3.63, 3.8) is 0 Å². The van der Waals surface area contributed by atoms with Crippen LogP contribution in [0.25, 0.3) is 0 Å². The van der Waals surface area contributed by atoms with E-state index in [0.717, 1.165) is 12.8 Å². The summed E-state index contributed by atoms with van der Waals surface area (Å²) in [4.78, 5) is 17.8. The van der Waals surface area contributed by atoms with E-state index in [-0.39, 0.29) is 12.1 Å². The molecule has 0 radical (unpaired) electrons. The molecule has 2 amide bonds. The first-order chi connectivity index (χ1) is 12.3. The van der Waals surface area contributed by atoms with Crippen molar-refractivity contribution in [3.8, 4) is 11.9 Å². The molecule has 1 aromatic heterocycles. The number of aryl methyl sites for hydroxylation is 1. The molecule has 2 aromatic rings.